The average molecular weight is 489 g/mol. The van der Waals surface area contributed by atoms with Crippen molar-refractivity contribution in [3.63, 3.8) is 0 Å². The molecule has 0 saturated carbocycles. The zero-order valence-electron chi connectivity index (χ0n) is 19.9. The molecule has 2 aromatic heterocycles. The Bertz CT molecular complexity index is 1390. The Morgan fingerprint density at radius 1 is 1.14 bits per heavy atom. The van der Waals surface area contributed by atoms with Crippen LogP contribution in [0.3, 0.4) is 0 Å². The molecule has 1 atom stereocenters. The van der Waals surface area contributed by atoms with Crippen molar-refractivity contribution >= 4 is 39.1 Å². The van der Waals surface area contributed by atoms with E-state index in [-0.39, 0.29) is 17.4 Å². The number of amides is 1. The maximum absolute atomic E-state index is 13.5. The van der Waals surface area contributed by atoms with Gasteiger partial charge in [0.1, 0.15) is 10.4 Å². The number of methoxy groups -OCH3 is 1. The minimum atomic E-state index is -0.200. The molecule has 7 nitrogen and oxygen atoms in total. The van der Waals surface area contributed by atoms with Crippen molar-refractivity contribution in [2.45, 2.75) is 26.3 Å². The highest BCUT2D eigenvalue weighted by atomic mass is 32.1. The van der Waals surface area contributed by atoms with Crippen LogP contribution in [0, 0.1) is 12.8 Å². The number of hydrogen-bond donors (Lipinski definition) is 1. The van der Waals surface area contributed by atoms with Crippen LogP contribution in [0.15, 0.2) is 64.8 Å². The molecule has 1 fully saturated rings. The van der Waals surface area contributed by atoms with Gasteiger partial charge in [0.05, 0.1) is 25.1 Å². The largest absolute Gasteiger partial charge is 0.497 e. The molecular formula is C27H28N4O3S. The molecular weight excluding hydrogens is 460 g/mol. The predicted octanol–water partition coefficient (Wildman–Crippen LogP) is 4.68. The number of ether oxygens (including phenoxy) is 1. The highest BCUT2D eigenvalue weighted by Gasteiger charge is 2.29. The van der Waals surface area contributed by atoms with Gasteiger partial charge >= 0.3 is 0 Å². The molecule has 5 rings (SSSR count). The molecule has 0 bridgehead atoms. The molecule has 8 heteroatoms. The number of aromatic nitrogens is 2. The summed E-state index contributed by atoms with van der Waals surface area (Å²) in [6.45, 7) is 3.75. The molecule has 0 spiro atoms. The third-order valence-electron chi connectivity index (χ3n) is 6.44. The monoisotopic (exact) mass is 488 g/mol. The van der Waals surface area contributed by atoms with Gasteiger partial charge in [-0.05, 0) is 61.0 Å². The van der Waals surface area contributed by atoms with Crippen molar-refractivity contribution in [1.29, 1.82) is 0 Å². The van der Waals surface area contributed by atoms with Crippen molar-refractivity contribution in [3.05, 3.63) is 81.5 Å². The van der Waals surface area contributed by atoms with Gasteiger partial charge in [0.2, 0.25) is 11.9 Å². The molecule has 180 valence electrons. The Kier molecular flexibility index (Phi) is 6.55. The Morgan fingerprint density at radius 3 is 2.66 bits per heavy atom. The summed E-state index contributed by atoms with van der Waals surface area (Å²) >= 11 is 1.42. The van der Waals surface area contributed by atoms with Gasteiger partial charge in [-0.15, -0.1) is 11.3 Å². The summed E-state index contributed by atoms with van der Waals surface area (Å²) in [4.78, 5) is 33.5. The van der Waals surface area contributed by atoms with E-state index in [1.165, 1.54) is 16.9 Å². The van der Waals surface area contributed by atoms with E-state index in [1.54, 1.807) is 11.7 Å². The minimum Gasteiger partial charge on any atom is -0.497 e. The molecule has 1 amide bonds. The van der Waals surface area contributed by atoms with E-state index in [1.807, 2.05) is 54.8 Å². The van der Waals surface area contributed by atoms with Gasteiger partial charge in [-0.3, -0.25) is 14.2 Å². The molecule has 1 N–H and O–H groups in total. The highest BCUT2D eigenvalue weighted by Crippen LogP contribution is 2.26. The first-order valence-electron chi connectivity index (χ1n) is 11.8. The van der Waals surface area contributed by atoms with Gasteiger partial charge < -0.3 is 15.0 Å². The van der Waals surface area contributed by atoms with Gasteiger partial charge in [0, 0.05) is 18.8 Å². The first-order valence-corrected chi connectivity index (χ1v) is 12.6. The molecule has 4 aromatic rings. The zero-order valence-corrected chi connectivity index (χ0v) is 20.7. The lowest BCUT2D eigenvalue weighted by molar-refractivity contribution is -0.120. The van der Waals surface area contributed by atoms with Crippen molar-refractivity contribution in [2.24, 2.45) is 5.92 Å². The van der Waals surface area contributed by atoms with E-state index >= 15 is 0 Å². The van der Waals surface area contributed by atoms with Crippen LogP contribution < -0.4 is 20.5 Å². The first kappa shape index (κ1) is 23.1. The molecule has 2 aromatic carbocycles. The van der Waals surface area contributed by atoms with Crippen molar-refractivity contribution < 1.29 is 9.53 Å². The molecule has 1 aliphatic rings. The number of piperidine rings is 1. The fourth-order valence-electron chi connectivity index (χ4n) is 4.48. The normalized spacial score (nSPS) is 15.8. The molecule has 35 heavy (non-hydrogen) atoms. The van der Waals surface area contributed by atoms with Crippen LogP contribution in [0.25, 0.3) is 10.2 Å². The van der Waals surface area contributed by atoms with E-state index in [0.29, 0.717) is 29.3 Å². The Morgan fingerprint density at radius 2 is 1.91 bits per heavy atom. The lowest BCUT2D eigenvalue weighted by Gasteiger charge is -2.34. The van der Waals surface area contributed by atoms with Crippen molar-refractivity contribution in [1.82, 2.24) is 9.55 Å². The summed E-state index contributed by atoms with van der Waals surface area (Å²) in [7, 11) is 1.62. The fraction of sp³-hybridized carbons (Fsp3) is 0.296. The quantitative estimate of drug-likeness (QED) is 0.427. The highest BCUT2D eigenvalue weighted by molar-refractivity contribution is 7.17. The van der Waals surface area contributed by atoms with Crippen molar-refractivity contribution in [3.8, 4) is 5.75 Å². The Balaban J connectivity index is 1.41. The van der Waals surface area contributed by atoms with Crippen LogP contribution in [0.1, 0.15) is 24.0 Å². The number of rotatable bonds is 6. The number of benzene rings is 2. The lowest BCUT2D eigenvalue weighted by atomic mass is 9.97. The van der Waals surface area contributed by atoms with Gasteiger partial charge in [-0.2, -0.15) is 0 Å². The standard InChI is InChI=1S/C27H28N4O3S/c1-18-5-7-19(8-6-18)16-31-26(33)24-23(13-15-35-24)29-27(31)30-14-3-4-20(17-30)25(32)28-21-9-11-22(34-2)12-10-21/h5-13,15,20H,3-4,14,16-17H2,1-2H3,(H,28,32)/t20-/m1/s1. The lowest BCUT2D eigenvalue weighted by Crippen LogP contribution is -2.43. The second kappa shape index (κ2) is 9.92. The Labute approximate surface area is 208 Å². The Hall–Kier alpha value is -3.65. The third-order valence-corrected chi connectivity index (χ3v) is 7.33. The molecule has 1 aliphatic heterocycles. The number of hydrogen-bond acceptors (Lipinski definition) is 6. The predicted molar refractivity (Wildman–Crippen MR) is 141 cm³/mol. The molecule has 3 heterocycles. The zero-order chi connectivity index (χ0) is 24.4. The van der Waals surface area contributed by atoms with Crippen LogP contribution >= 0.6 is 11.3 Å². The molecule has 0 aliphatic carbocycles. The number of carbonyl (C=O) groups is 1. The van der Waals surface area contributed by atoms with E-state index in [0.717, 1.165) is 36.4 Å². The van der Waals surface area contributed by atoms with Crippen molar-refractivity contribution in [2.75, 3.05) is 30.4 Å². The summed E-state index contributed by atoms with van der Waals surface area (Å²) in [5, 5.41) is 4.93. The number of nitrogens with one attached hydrogen (secondary N) is 1. The fourth-order valence-corrected chi connectivity index (χ4v) is 5.26. The third kappa shape index (κ3) is 4.93. The summed E-state index contributed by atoms with van der Waals surface area (Å²) in [5.74, 6) is 1.15. The topological polar surface area (TPSA) is 76.5 Å². The minimum absolute atomic E-state index is 0.0242. The average Bonchev–Trinajstić information content (AvgIpc) is 3.36. The van der Waals surface area contributed by atoms with E-state index in [4.69, 9.17) is 9.72 Å². The number of aryl methyl sites for hydroxylation is 1. The maximum atomic E-state index is 13.5. The maximum Gasteiger partial charge on any atom is 0.273 e. The number of fused-ring (bicyclic) bond motifs is 1. The second-order valence-electron chi connectivity index (χ2n) is 8.93. The summed E-state index contributed by atoms with van der Waals surface area (Å²) in [5.41, 5.74) is 3.63. The number of anilines is 2. The summed E-state index contributed by atoms with van der Waals surface area (Å²) < 4.78 is 7.61. The number of nitrogens with zero attached hydrogens (tertiary/aromatic N) is 3. The SMILES string of the molecule is COc1ccc(NC(=O)[C@@H]2CCCN(c3nc4ccsc4c(=O)n3Cc3ccc(C)cc3)C2)cc1. The van der Waals surface area contributed by atoms with E-state index in [2.05, 4.69) is 22.3 Å². The summed E-state index contributed by atoms with van der Waals surface area (Å²) in [6.07, 6.45) is 1.64. The number of carbonyl (C=O) groups excluding carboxylic acids is 1. The van der Waals surface area contributed by atoms with Gasteiger partial charge in [-0.1, -0.05) is 29.8 Å². The van der Waals surface area contributed by atoms with Crippen LogP contribution in [-0.4, -0.2) is 35.7 Å². The number of thiophene rings is 1. The van der Waals surface area contributed by atoms with Gasteiger partial charge in [0.25, 0.3) is 5.56 Å². The van der Waals surface area contributed by atoms with Crippen LogP contribution in [0.5, 0.6) is 5.75 Å². The molecule has 0 radical (unpaired) electrons. The van der Waals surface area contributed by atoms with Crippen LogP contribution in [-0.2, 0) is 11.3 Å². The first-order chi connectivity index (χ1) is 17.0. The van der Waals surface area contributed by atoms with E-state index in [9.17, 15) is 9.59 Å². The van der Waals surface area contributed by atoms with Gasteiger partial charge in [0.15, 0.2) is 0 Å². The van der Waals surface area contributed by atoms with Gasteiger partial charge in [-0.25, -0.2) is 4.98 Å². The van der Waals surface area contributed by atoms with Crippen LogP contribution in [0.2, 0.25) is 0 Å². The molecule has 1 saturated heterocycles. The smallest absolute Gasteiger partial charge is 0.273 e. The van der Waals surface area contributed by atoms with Crippen LogP contribution in [0.4, 0.5) is 11.6 Å². The van der Waals surface area contributed by atoms with E-state index < -0.39 is 0 Å². The summed E-state index contributed by atoms with van der Waals surface area (Å²) in [6, 6.07) is 17.4. The second-order valence-corrected chi connectivity index (χ2v) is 9.84. The molecule has 0 unspecified atom stereocenters.